The first kappa shape index (κ1) is 18.7. The van der Waals surface area contributed by atoms with Crippen molar-refractivity contribution in [1.29, 1.82) is 0 Å². The van der Waals surface area contributed by atoms with Gasteiger partial charge in [0.1, 0.15) is 5.82 Å². The molecule has 1 fully saturated rings. The smallest absolute Gasteiger partial charge is 0.321 e. The van der Waals surface area contributed by atoms with Gasteiger partial charge in [0, 0.05) is 38.1 Å². The van der Waals surface area contributed by atoms with Crippen molar-refractivity contribution in [3.63, 3.8) is 0 Å². The number of carbonyl (C=O) groups is 1. The van der Waals surface area contributed by atoms with Gasteiger partial charge in [-0.3, -0.25) is 0 Å². The van der Waals surface area contributed by atoms with Crippen molar-refractivity contribution in [2.75, 3.05) is 41.7 Å². The molecule has 0 radical (unpaired) electrons. The molecule has 0 spiro atoms. The topological polar surface area (TPSA) is 86.3 Å². The number of urea groups is 1. The number of hydrogen-bond acceptors (Lipinski definition) is 6. The van der Waals surface area contributed by atoms with E-state index >= 15 is 0 Å². The highest BCUT2D eigenvalue weighted by molar-refractivity contribution is 5.89. The fourth-order valence-corrected chi connectivity index (χ4v) is 3.10. The van der Waals surface area contributed by atoms with Crippen molar-refractivity contribution in [3.8, 4) is 0 Å². The summed E-state index contributed by atoms with van der Waals surface area (Å²) in [4.78, 5) is 20.7. The zero-order valence-electron chi connectivity index (χ0n) is 16.2. The molecule has 8 heteroatoms. The Hall–Kier alpha value is -3.68. The van der Waals surface area contributed by atoms with Gasteiger partial charge < -0.3 is 20.4 Å². The van der Waals surface area contributed by atoms with Gasteiger partial charge in [-0.05, 0) is 42.8 Å². The molecule has 8 nitrogen and oxygen atoms in total. The summed E-state index contributed by atoms with van der Waals surface area (Å²) in [7, 11) is 0. The number of amides is 2. The van der Waals surface area contributed by atoms with E-state index in [1.165, 1.54) is 0 Å². The minimum absolute atomic E-state index is 0.0768. The number of aryl methyl sites for hydroxylation is 1. The average Bonchev–Trinajstić information content (AvgIpc) is 2.77. The van der Waals surface area contributed by atoms with Crippen molar-refractivity contribution >= 4 is 29.2 Å². The van der Waals surface area contributed by atoms with Crippen LogP contribution >= 0.6 is 0 Å². The van der Waals surface area contributed by atoms with Crippen LogP contribution < -0.4 is 15.5 Å². The van der Waals surface area contributed by atoms with E-state index in [2.05, 4.69) is 30.7 Å². The second-order valence-corrected chi connectivity index (χ2v) is 6.89. The third-order valence-corrected chi connectivity index (χ3v) is 4.73. The number of pyridine rings is 1. The van der Waals surface area contributed by atoms with Crippen LogP contribution in [-0.4, -0.2) is 52.3 Å². The molecule has 0 bridgehead atoms. The molecule has 0 unspecified atom stereocenters. The summed E-state index contributed by atoms with van der Waals surface area (Å²) in [5.41, 5.74) is 1.91. The second-order valence-electron chi connectivity index (χ2n) is 6.89. The largest absolute Gasteiger partial charge is 0.352 e. The van der Waals surface area contributed by atoms with Gasteiger partial charge >= 0.3 is 6.03 Å². The third kappa shape index (κ3) is 4.78. The summed E-state index contributed by atoms with van der Waals surface area (Å²) in [6.45, 7) is 4.68. The Balaban J connectivity index is 1.30. The van der Waals surface area contributed by atoms with Crippen LogP contribution in [-0.2, 0) is 0 Å². The summed E-state index contributed by atoms with van der Waals surface area (Å²) in [5, 5.41) is 14.6. The first-order valence-electron chi connectivity index (χ1n) is 9.57. The van der Waals surface area contributed by atoms with Crippen molar-refractivity contribution in [3.05, 3.63) is 66.4 Å². The Kier molecular flexibility index (Phi) is 5.51. The van der Waals surface area contributed by atoms with Gasteiger partial charge in [0.2, 0.25) is 0 Å². The zero-order valence-corrected chi connectivity index (χ0v) is 16.2. The van der Waals surface area contributed by atoms with Gasteiger partial charge in [0.15, 0.2) is 11.6 Å². The highest BCUT2D eigenvalue weighted by atomic mass is 16.2. The molecular formula is C21H23N7O. The van der Waals surface area contributed by atoms with E-state index in [1.54, 1.807) is 6.20 Å². The number of rotatable bonds is 4. The zero-order chi connectivity index (χ0) is 20.1. The number of carbonyl (C=O) groups excluding carboxylic acids is 1. The average molecular weight is 389 g/mol. The van der Waals surface area contributed by atoms with Gasteiger partial charge in [0.05, 0.1) is 0 Å². The van der Waals surface area contributed by atoms with Gasteiger partial charge in [-0.25, -0.2) is 9.78 Å². The Morgan fingerprint density at radius 1 is 0.897 bits per heavy atom. The number of para-hydroxylation sites is 1. The molecule has 3 heterocycles. The Labute approximate surface area is 169 Å². The Morgan fingerprint density at radius 3 is 2.31 bits per heavy atom. The molecule has 1 aliphatic heterocycles. The van der Waals surface area contributed by atoms with Crippen LogP contribution in [0.25, 0.3) is 0 Å². The van der Waals surface area contributed by atoms with Crippen LogP contribution in [0.2, 0.25) is 0 Å². The SMILES string of the molecule is Cc1ccc(Nc2ccc(N3CCN(C(=O)Nc4ccccc4)CC3)nn2)nc1. The molecule has 3 aromatic rings. The van der Waals surface area contributed by atoms with E-state index in [4.69, 9.17) is 0 Å². The van der Waals surface area contributed by atoms with Gasteiger partial charge in [-0.15, -0.1) is 10.2 Å². The van der Waals surface area contributed by atoms with Gasteiger partial charge in [-0.2, -0.15) is 0 Å². The maximum Gasteiger partial charge on any atom is 0.321 e. The highest BCUT2D eigenvalue weighted by Crippen LogP contribution is 2.17. The molecule has 29 heavy (non-hydrogen) atoms. The number of nitrogens with zero attached hydrogens (tertiary/aromatic N) is 5. The lowest BCUT2D eigenvalue weighted by molar-refractivity contribution is 0.208. The number of hydrogen-bond donors (Lipinski definition) is 2. The summed E-state index contributed by atoms with van der Waals surface area (Å²) >= 11 is 0. The van der Waals surface area contributed by atoms with Crippen molar-refractivity contribution in [2.24, 2.45) is 0 Å². The Bertz CT molecular complexity index is 937. The monoisotopic (exact) mass is 389 g/mol. The summed E-state index contributed by atoms with van der Waals surface area (Å²) < 4.78 is 0. The molecular weight excluding hydrogens is 366 g/mol. The van der Waals surface area contributed by atoms with E-state index in [0.29, 0.717) is 32.0 Å². The molecule has 0 atom stereocenters. The van der Waals surface area contributed by atoms with Crippen molar-refractivity contribution < 1.29 is 4.79 Å². The standard InChI is InChI=1S/C21H23N7O/c1-16-7-8-18(22-15-16)24-19-9-10-20(26-25-19)27-11-13-28(14-12-27)21(29)23-17-5-3-2-4-6-17/h2-10,15H,11-14H2,1H3,(H,23,29)(H,22,24,25). The molecule has 0 saturated carbocycles. The molecule has 1 aromatic carbocycles. The molecule has 2 amide bonds. The minimum Gasteiger partial charge on any atom is -0.352 e. The molecule has 0 aliphatic carbocycles. The van der Waals surface area contributed by atoms with Crippen LogP contribution in [0.1, 0.15) is 5.56 Å². The lowest BCUT2D eigenvalue weighted by atomic mass is 10.3. The molecule has 1 aliphatic rings. The predicted molar refractivity (Wildman–Crippen MR) is 114 cm³/mol. The maximum absolute atomic E-state index is 12.4. The van der Waals surface area contributed by atoms with E-state index in [9.17, 15) is 4.79 Å². The number of piperazine rings is 1. The van der Waals surface area contributed by atoms with Crippen LogP contribution in [0.4, 0.5) is 27.9 Å². The van der Waals surface area contributed by atoms with Crippen molar-refractivity contribution in [1.82, 2.24) is 20.1 Å². The van der Waals surface area contributed by atoms with E-state index in [1.807, 2.05) is 66.4 Å². The van der Waals surface area contributed by atoms with Crippen molar-refractivity contribution in [2.45, 2.75) is 6.92 Å². The lowest BCUT2D eigenvalue weighted by Crippen LogP contribution is -2.50. The highest BCUT2D eigenvalue weighted by Gasteiger charge is 2.22. The molecule has 2 aromatic heterocycles. The Morgan fingerprint density at radius 2 is 1.66 bits per heavy atom. The number of benzene rings is 1. The lowest BCUT2D eigenvalue weighted by Gasteiger charge is -2.35. The number of anilines is 4. The normalized spacial score (nSPS) is 13.8. The minimum atomic E-state index is -0.0768. The fraction of sp³-hybridized carbons (Fsp3) is 0.238. The van der Waals surface area contributed by atoms with Gasteiger partial charge in [-0.1, -0.05) is 24.3 Å². The summed E-state index contributed by atoms with van der Waals surface area (Å²) in [5.74, 6) is 2.18. The number of nitrogens with one attached hydrogen (secondary N) is 2. The van der Waals surface area contributed by atoms with Crippen LogP contribution in [0.15, 0.2) is 60.8 Å². The predicted octanol–water partition coefficient (Wildman–Crippen LogP) is 3.28. The maximum atomic E-state index is 12.4. The molecule has 4 rings (SSSR count). The quantitative estimate of drug-likeness (QED) is 0.712. The van der Waals surface area contributed by atoms with Crippen LogP contribution in [0, 0.1) is 6.92 Å². The van der Waals surface area contributed by atoms with E-state index in [-0.39, 0.29) is 6.03 Å². The van der Waals surface area contributed by atoms with Crippen LogP contribution in [0.3, 0.4) is 0 Å². The van der Waals surface area contributed by atoms with Gasteiger partial charge in [0.25, 0.3) is 0 Å². The fourth-order valence-electron chi connectivity index (χ4n) is 3.10. The summed E-state index contributed by atoms with van der Waals surface area (Å²) in [6.07, 6.45) is 1.80. The summed E-state index contributed by atoms with van der Waals surface area (Å²) in [6, 6.07) is 17.1. The second kappa shape index (κ2) is 8.55. The number of aromatic nitrogens is 3. The molecule has 148 valence electrons. The molecule has 2 N–H and O–H groups in total. The first-order chi connectivity index (χ1) is 14.2. The third-order valence-electron chi connectivity index (χ3n) is 4.73. The van der Waals surface area contributed by atoms with E-state index in [0.717, 1.165) is 22.9 Å². The van der Waals surface area contributed by atoms with Crippen LogP contribution in [0.5, 0.6) is 0 Å². The van der Waals surface area contributed by atoms with E-state index < -0.39 is 0 Å². The molecule has 1 saturated heterocycles. The first-order valence-corrected chi connectivity index (χ1v) is 9.57.